The van der Waals surface area contributed by atoms with E-state index in [-0.39, 0.29) is 11.3 Å². The Morgan fingerprint density at radius 3 is 2.43 bits per heavy atom. The molecule has 0 bridgehead atoms. The van der Waals surface area contributed by atoms with E-state index < -0.39 is 17.7 Å². The van der Waals surface area contributed by atoms with E-state index in [0.29, 0.717) is 25.1 Å². The van der Waals surface area contributed by atoms with Gasteiger partial charge in [-0.05, 0) is 43.0 Å². The quantitative estimate of drug-likeness (QED) is 0.359. The number of hydrogen-bond acceptors (Lipinski definition) is 4. The van der Waals surface area contributed by atoms with Gasteiger partial charge in [-0.25, -0.2) is 0 Å². The summed E-state index contributed by atoms with van der Waals surface area (Å²) in [5, 5.41) is 11.0. The van der Waals surface area contributed by atoms with Crippen molar-refractivity contribution >= 4 is 17.4 Å². The van der Waals surface area contributed by atoms with Crippen LogP contribution in [0.25, 0.3) is 5.76 Å². The van der Waals surface area contributed by atoms with E-state index in [1.165, 1.54) is 4.90 Å². The first-order valence-corrected chi connectivity index (χ1v) is 9.35. The number of amides is 1. The van der Waals surface area contributed by atoms with Gasteiger partial charge in [-0.1, -0.05) is 42.5 Å². The molecule has 5 heteroatoms. The number of aliphatic hydroxyl groups is 1. The molecule has 0 aliphatic carbocycles. The SMILES string of the molecule is COCCCN1C(=O)C(=O)/C(=C(\O)c2ccc(C)c(C)c2)C1c1ccccc1. The summed E-state index contributed by atoms with van der Waals surface area (Å²) in [6.45, 7) is 4.80. The molecule has 1 heterocycles. The lowest BCUT2D eigenvalue weighted by Gasteiger charge is -2.25. The molecule has 1 saturated heterocycles. The normalized spacial score (nSPS) is 18.7. The number of aliphatic hydroxyl groups excluding tert-OH is 1. The number of carbonyl (C=O) groups is 2. The van der Waals surface area contributed by atoms with Crippen LogP contribution in [0.15, 0.2) is 54.1 Å². The van der Waals surface area contributed by atoms with Gasteiger partial charge in [-0.2, -0.15) is 0 Å². The van der Waals surface area contributed by atoms with Gasteiger partial charge in [-0.15, -0.1) is 0 Å². The van der Waals surface area contributed by atoms with E-state index in [9.17, 15) is 14.7 Å². The Balaban J connectivity index is 2.12. The molecule has 1 unspecified atom stereocenters. The number of ketones is 1. The molecule has 2 aromatic rings. The second-order valence-electron chi connectivity index (χ2n) is 7.05. The molecule has 0 saturated carbocycles. The maximum absolute atomic E-state index is 12.9. The highest BCUT2D eigenvalue weighted by Gasteiger charge is 2.45. The zero-order valence-electron chi connectivity index (χ0n) is 16.4. The standard InChI is InChI=1S/C23H25NO4/c1-15-10-11-18(14-16(15)2)21(25)19-20(17-8-5-4-6-9-17)24(12-7-13-28-3)23(27)22(19)26/h4-6,8-11,14,20,25H,7,12-13H2,1-3H3/b21-19-. The van der Waals surface area contributed by atoms with Crippen molar-refractivity contribution in [3.8, 4) is 0 Å². The fourth-order valence-electron chi connectivity index (χ4n) is 3.52. The van der Waals surface area contributed by atoms with Crippen molar-refractivity contribution in [1.82, 2.24) is 4.90 Å². The fraction of sp³-hybridized carbons (Fsp3) is 0.304. The van der Waals surface area contributed by atoms with Crippen LogP contribution in [0.3, 0.4) is 0 Å². The molecule has 1 atom stereocenters. The maximum atomic E-state index is 12.9. The summed E-state index contributed by atoms with van der Waals surface area (Å²) in [6.07, 6.45) is 0.608. The lowest BCUT2D eigenvalue weighted by molar-refractivity contribution is -0.140. The van der Waals surface area contributed by atoms with Crippen LogP contribution in [0, 0.1) is 13.8 Å². The number of methoxy groups -OCH3 is 1. The number of hydrogen-bond donors (Lipinski definition) is 1. The number of rotatable bonds is 6. The van der Waals surface area contributed by atoms with Crippen LogP contribution in [0.4, 0.5) is 0 Å². The van der Waals surface area contributed by atoms with Crippen molar-refractivity contribution in [3.05, 3.63) is 76.4 Å². The maximum Gasteiger partial charge on any atom is 0.295 e. The van der Waals surface area contributed by atoms with Crippen molar-refractivity contribution < 1.29 is 19.4 Å². The molecule has 1 aliphatic heterocycles. The smallest absolute Gasteiger partial charge is 0.295 e. The van der Waals surface area contributed by atoms with E-state index in [1.807, 2.05) is 56.3 Å². The molecule has 2 aromatic carbocycles. The molecule has 1 fully saturated rings. The molecule has 28 heavy (non-hydrogen) atoms. The van der Waals surface area contributed by atoms with Crippen LogP contribution in [0.5, 0.6) is 0 Å². The summed E-state index contributed by atoms with van der Waals surface area (Å²) in [5.41, 5.74) is 3.58. The minimum atomic E-state index is -0.651. The van der Waals surface area contributed by atoms with Gasteiger partial charge in [-0.3, -0.25) is 9.59 Å². The number of carbonyl (C=O) groups excluding carboxylic acids is 2. The van der Waals surface area contributed by atoms with Gasteiger partial charge in [0.1, 0.15) is 5.76 Å². The van der Waals surface area contributed by atoms with Crippen molar-refractivity contribution in [2.24, 2.45) is 0 Å². The summed E-state index contributed by atoms with van der Waals surface area (Å²) < 4.78 is 5.09. The molecule has 1 amide bonds. The first-order chi connectivity index (χ1) is 13.5. The van der Waals surface area contributed by atoms with Crippen LogP contribution in [0.2, 0.25) is 0 Å². The summed E-state index contributed by atoms with van der Waals surface area (Å²) in [4.78, 5) is 27.1. The topological polar surface area (TPSA) is 66.8 Å². The lowest BCUT2D eigenvalue weighted by atomic mass is 9.94. The van der Waals surface area contributed by atoms with E-state index >= 15 is 0 Å². The zero-order chi connectivity index (χ0) is 20.3. The van der Waals surface area contributed by atoms with E-state index in [2.05, 4.69) is 0 Å². The van der Waals surface area contributed by atoms with Crippen molar-refractivity contribution in [1.29, 1.82) is 0 Å². The minimum Gasteiger partial charge on any atom is -0.507 e. The van der Waals surface area contributed by atoms with Gasteiger partial charge in [0.2, 0.25) is 0 Å². The first-order valence-electron chi connectivity index (χ1n) is 9.35. The number of benzene rings is 2. The minimum absolute atomic E-state index is 0.135. The number of aryl methyl sites for hydroxylation is 2. The Bertz CT molecular complexity index is 917. The van der Waals surface area contributed by atoms with Crippen LogP contribution >= 0.6 is 0 Å². The third-order valence-corrected chi connectivity index (χ3v) is 5.18. The van der Waals surface area contributed by atoms with Crippen LogP contribution in [-0.4, -0.2) is 42.0 Å². The summed E-state index contributed by atoms with van der Waals surface area (Å²) in [5.74, 6) is -1.37. The Hall–Kier alpha value is -2.92. The molecular weight excluding hydrogens is 354 g/mol. The van der Waals surface area contributed by atoms with Crippen molar-refractivity contribution in [2.45, 2.75) is 26.3 Å². The molecule has 0 aromatic heterocycles. The monoisotopic (exact) mass is 379 g/mol. The Morgan fingerprint density at radius 1 is 1.07 bits per heavy atom. The molecule has 146 valence electrons. The second kappa shape index (κ2) is 8.40. The Morgan fingerprint density at radius 2 is 1.79 bits per heavy atom. The van der Waals surface area contributed by atoms with Crippen LogP contribution in [-0.2, 0) is 14.3 Å². The first kappa shape index (κ1) is 19.8. The molecule has 3 rings (SSSR count). The average molecular weight is 379 g/mol. The molecule has 0 spiro atoms. The fourth-order valence-corrected chi connectivity index (χ4v) is 3.52. The predicted octanol–water partition coefficient (Wildman–Crippen LogP) is 3.76. The van der Waals surface area contributed by atoms with Gasteiger partial charge in [0, 0.05) is 25.8 Å². The second-order valence-corrected chi connectivity index (χ2v) is 7.05. The highest BCUT2D eigenvalue weighted by Crippen LogP contribution is 2.39. The number of nitrogens with zero attached hydrogens (tertiary/aromatic N) is 1. The van der Waals surface area contributed by atoms with Crippen LogP contribution < -0.4 is 0 Å². The molecule has 1 aliphatic rings. The number of ether oxygens (including phenoxy) is 1. The van der Waals surface area contributed by atoms with Crippen LogP contribution in [0.1, 0.15) is 34.7 Å². The summed E-state index contributed by atoms with van der Waals surface area (Å²) >= 11 is 0. The summed E-state index contributed by atoms with van der Waals surface area (Å²) in [7, 11) is 1.60. The predicted molar refractivity (Wildman–Crippen MR) is 108 cm³/mol. The van der Waals surface area contributed by atoms with E-state index in [4.69, 9.17) is 4.74 Å². The largest absolute Gasteiger partial charge is 0.507 e. The van der Waals surface area contributed by atoms with E-state index in [0.717, 1.165) is 16.7 Å². The Labute approximate surface area is 165 Å². The molecule has 0 radical (unpaired) electrons. The van der Waals surface area contributed by atoms with Gasteiger partial charge in [0.25, 0.3) is 11.7 Å². The van der Waals surface area contributed by atoms with Gasteiger partial charge >= 0.3 is 0 Å². The number of likely N-dealkylation sites (tertiary alicyclic amines) is 1. The van der Waals surface area contributed by atoms with Gasteiger partial charge < -0.3 is 14.7 Å². The highest BCUT2D eigenvalue weighted by atomic mass is 16.5. The summed E-state index contributed by atoms with van der Waals surface area (Å²) in [6, 6.07) is 14.2. The molecule has 1 N–H and O–H groups in total. The highest BCUT2D eigenvalue weighted by molar-refractivity contribution is 6.46. The zero-order valence-corrected chi connectivity index (χ0v) is 16.4. The van der Waals surface area contributed by atoms with Crippen molar-refractivity contribution in [3.63, 3.8) is 0 Å². The van der Waals surface area contributed by atoms with Crippen molar-refractivity contribution in [2.75, 3.05) is 20.3 Å². The van der Waals surface area contributed by atoms with Gasteiger partial charge in [0.05, 0.1) is 11.6 Å². The lowest BCUT2D eigenvalue weighted by Crippen LogP contribution is -2.31. The number of Topliss-reactive ketones (excluding diaryl/α,β-unsaturated/α-hetero) is 1. The van der Waals surface area contributed by atoms with Gasteiger partial charge in [0.15, 0.2) is 0 Å². The average Bonchev–Trinajstić information content (AvgIpc) is 2.95. The third kappa shape index (κ3) is 3.71. The Kier molecular flexibility index (Phi) is 5.95. The molecule has 5 nitrogen and oxygen atoms in total. The molecular formula is C23H25NO4. The third-order valence-electron chi connectivity index (χ3n) is 5.18. The van der Waals surface area contributed by atoms with E-state index in [1.54, 1.807) is 13.2 Å².